The second-order valence-corrected chi connectivity index (χ2v) is 7.78. The zero-order chi connectivity index (χ0) is 19.7. The average Bonchev–Trinajstić information content (AvgIpc) is 2.61. The molecule has 1 atom stereocenters. The lowest BCUT2D eigenvalue weighted by Crippen LogP contribution is -2.44. The van der Waals surface area contributed by atoms with Crippen LogP contribution in [0.2, 0.25) is 0 Å². The van der Waals surface area contributed by atoms with Gasteiger partial charge in [0.1, 0.15) is 5.82 Å². The molecule has 0 aromatic rings. The Bertz CT molecular complexity index is 600. The molecule has 0 aromatic heterocycles. The highest BCUT2D eigenvalue weighted by Crippen LogP contribution is 2.30. The standard InChI is InChI=1S/C21H35N3O2/c1-6-19(17(3)26)20-23-14-18(16(2)10-8-7-9-13-25)11-12-21(4,5)15-24(20)22/h7-10,13,18,23,25H,6,11-12,14-15,22H2,1-5H3/b8-7-,13-9+,16-10+,20-19+/t18-/m0/s1. The number of nitrogens with one attached hydrogen (secondary N) is 1. The first-order valence-corrected chi connectivity index (χ1v) is 9.36. The van der Waals surface area contributed by atoms with Crippen molar-refractivity contribution in [2.24, 2.45) is 17.2 Å². The summed E-state index contributed by atoms with van der Waals surface area (Å²) in [5.41, 5.74) is 2.07. The molecule has 1 aliphatic rings. The van der Waals surface area contributed by atoms with Gasteiger partial charge in [-0.3, -0.25) is 9.80 Å². The summed E-state index contributed by atoms with van der Waals surface area (Å²) in [5.74, 6) is 7.51. The summed E-state index contributed by atoms with van der Waals surface area (Å²) in [5, 5.41) is 13.9. The number of rotatable bonds is 5. The second kappa shape index (κ2) is 10.2. The van der Waals surface area contributed by atoms with Crippen LogP contribution in [0, 0.1) is 11.3 Å². The number of nitrogens with two attached hydrogens (primary N) is 1. The van der Waals surface area contributed by atoms with E-state index in [0.29, 0.717) is 18.9 Å². The minimum atomic E-state index is 0.0512. The molecule has 0 amide bonds. The van der Waals surface area contributed by atoms with Gasteiger partial charge < -0.3 is 10.4 Å². The Morgan fingerprint density at radius 1 is 1.35 bits per heavy atom. The molecular weight excluding hydrogens is 326 g/mol. The fraction of sp³-hybridized carbons (Fsp3) is 0.571. The van der Waals surface area contributed by atoms with Gasteiger partial charge >= 0.3 is 0 Å². The molecule has 0 unspecified atom stereocenters. The van der Waals surface area contributed by atoms with Crippen LogP contribution < -0.4 is 11.2 Å². The minimum absolute atomic E-state index is 0.0512. The van der Waals surface area contributed by atoms with E-state index in [1.165, 1.54) is 5.57 Å². The molecule has 1 aliphatic heterocycles. The Morgan fingerprint density at radius 3 is 2.62 bits per heavy atom. The molecule has 26 heavy (non-hydrogen) atoms. The summed E-state index contributed by atoms with van der Waals surface area (Å²) in [6.07, 6.45) is 11.2. The highest BCUT2D eigenvalue weighted by Gasteiger charge is 2.28. The predicted octanol–water partition coefficient (Wildman–Crippen LogP) is 3.97. The molecule has 0 radical (unpaired) electrons. The Morgan fingerprint density at radius 2 is 2.04 bits per heavy atom. The third kappa shape index (κ3) is 6.71. The van der Waals surface area contributed by atoms with Gasteiger partial charge in [-0.1, -0.05) is 44.6 Å². The zero-order valence-electron chi connectivity index (χ0n) is 16.9. The van der Waals surface area contributed by atoms with Crippen molar-refractivity contribution in [3.8, 4) is 0 Å². The van der Waals surface area contributed by atoms with Crippen LogP contribution in [0.15, 0.2) is 47.5 Å². The summed E-state index contributed by atoms with van der Waals surface area (Å²) in [7, 11) is 0. The third-order valence-electron chi connectivity index (χ3n) is 4.95. The topological polar surface area (TPSA) is 78.6 Å². The summed E-state index contributed by atoms with van der Waals surface area (Å²) in [6, 6.07) is 0. The van der Waals surface area contributed by atoms with E-state index in [0.717, 1.165) is 37.0 Å². The number of carbonyl (C=O) groups excluding carboxylic acids is 1. The largest absolute Gasteiger partial charge is 0.516 e. The lowest BCUT2D eigenvalue weighted by molar-refractivity contribution is -0.113. The molecule has 1 rings (SSSR count). The molecule has 1 heterocycles. The number of hydrazine groups is 1. The lowest BCUT2D eigenvalue weighted by atomic mass is 9.82. The lowest BCUT2D eigenvalue weighted by Gasteiger charge is -2.32. The van der Waals surface area contributed by atoms with Crippen molar-refractivity contribution in [1.29, 1.82) is 0 Å². The average molecular weight is 362 g/mol. The highest BCUT2D eigenvalue weighted by atomic mass is 16.2. The molecule has 0 aliphatic carbocycles. The summed E-state index contributed by atoms with van der Waals surface area (Å²) < 4.78 is 0. The minimum Gasteiger partial charge on any atom is -0.516 e. The first kappa shape index (κ1) is 22.0. The van der Waals surface area contributed by atoms with E-state index in [1.54, 1.807) is 24.1 Å². The molecule has 0 bridgehead atoms. The number of Topliss-reactive ketones (excluding diaryl/α,β-unsaturated/α-hetero) is 1. The van der Waals surface area contributed by atoms with Gasteiger partial charge in [-0.15, -0.1) is 0 Å². The number of nitrogens with zero attached hydrogens (tertiary/aromatic N) is 1. The van der Waals surface area contributed by atoms with Crippen LogP contribution in [-0.4, -0.2) is 29.0 Å². The van der Waals surface area contributed by atoms with Crippen molar-refractivity contribution < 1.29 is 9.90 Å². The number of aliphatic hydroxyl groups is 1. The van der Waals surface area contributed by atoms with Crippen LogP contribution in [0.4, 0.5) is 0 Å². The quantitative estimate of drug-likeness (QED) is 0.299. The Balaban J connectivity index is 3.16. The first-order valence-electron chi connectivity index (χ1n) is 9.36. The maximum Gasteiger partial charge on any atom is 0.159 e. The van der Waals surface area contributed by atoms with E-state index in [-0.39, 0.29) is 11.2 Å². The van der Waals surface area contributed by atoms with Crippen LogP contribution >= 0.6 is 0 Å². The summed E-state index contributed by atoms with van der Waals surface area (Å²) in [6.45, 7) is 11.6. The molecule has 0 aromatic carbocycles. The molecule has 4 N–H and O–H groups in total. The van der Waals surface area contributed by atoms with Gasteiger partial charge in [0.25, 0.3) is 0 Å². The molecule has 5 heteroatoms. The number of carbonyl (C=O) groups is 1. The van der Waals surface area contributed by atoms with E-state index in [4.69, 9.17) is 10.9 Å². The van der Waals surface area contributed by atoms with Crippen LogP contribution in [-0.2, 0) is 4.79 Å². The number of hydrogen-bond acceptors (Lipinski definition) is 5. The molecule has 0 spiro atoms. The fourth-order valence-electron chi connectivity index (χ4n) is 3.32. The van der Waals surface area contributed by atoms with E-state index < -0.39 is 0 Å². The summed E-state index contributed by atoms with van der Waals surface area (Å²) in [4.78, 5) is 12.1. The second-order valence-electron chi connectivity index (χ2n) is 7.78. The van der Waals surface area contributed by atoms with E-state index in [9.17, 15) is 4.79 Å². The van der Waals surface area contributed by atoms with Crippen molar-refractivity contribution in [2.75, 3.05) is 13.1 Å². The van der Waals surface area contributed by atoms with Crippen molar-refractivity contribution in [1.82, 2.24) is 10.3 Å². The molecule has 0 saturated carbocycles. The monoisotopic (exact) mass is 361 g/mol. The van der Waals surface area contributed by atoms with Crippen molar-refractivity contribution in [2.45, 2.75) is 53.9 Å². The molecule has 146 valence electrons. The van der Waals surface area contributed by atoms with Gasteiger partial charge in [-0.25, -0.2) is 5.84 Å². The molecule has 1 fully saturated rings. The van der Waals surface area contributed by atoms with Crippen molar-refractivity contribution >= 4 is 5.78 Å². The molecule has 5 nitrogen and oxygen atoms in total. The third-order valence-corrected chi connectivity index (χ3v) is 4.95. The van der Waals surface area contributed by atoms with Crippen molar-refractivity contribution in [3.63, 3.8) is 0 Å². The predicted molar refractivity (Wildman–Crippen MR) is 108 cm³/mol. The fourth-order valence-corrected chi connectivity index (χ4v) is 3.32. The van der Waals surface area contributed by atoms with Gasteiger partial charge in [0, 0.05) is 18.7 Å². The summed E-state index contributed by atoms with van der Waals surface area (Å²) >= 11 is 0. The SMILES string of the molecule is CC/C(C(C)=O)=C1/NC[C@@H](/C(C)=C/C=C\C=C\O)CCC(C)(C)CN1N. The Kier molecular flexibility index (Phi) is 8.66. The van der Waals surface area contributed by atoms with Crippen LogP contribution in [0.5, 0.6) is 0 Å². The number of aliphatic hydroxyl groups excluding tert-OH is 1. The number of ketones is 1. The maximum atomic E-state index is 12.1. The maximum absolute atomic E-state index is 12.1. The number of hydrogen-bond donors (Lipinski definition) is 3. The number of allylic oxidation sites excluding steroid dienone is 5. The van der Waals surface area contributed by atoms with Crippen molar-refractivity contribution in [3.05, 3.63) is 47.5 Å². The normalized spacial score (nSPS) is 24.2. The molecular formula is C21H35N3O2. The van der Waals surface area contributed by atoms with E-state index in [2.05, 4.69) is 32.2 Å². The van der Waals surface area contributed by atoms with Gasteiger partial charge in [-0.05, 0) is 50.5 Å². The van der Waals surface area contributed by atoms with Gasteiger partial charge in [0.05, 0.1) is 6.26 Å². The molecule has 1 saturated heterocycles. The van der Waals surface area contributed by atoms with E-state index in [1.807, 2.05) is 13.0 Å². The van der Waals surface area contributed by atoms with Gasteiger partial charge in [0.2, 0.25) is 0 Å². The Labute approximate surface area is 158 Å². The Hall–Kier alpha value is -2.01. The van der Waals surface area contributed by atoms with Gasteiger partial charge in [-0.2, -0.15) is 0 Å². The zero-order valence-corrected chi connectivity index (χ0v) is 16.9. The van der Waals surface area contributed by atoms with E-state index >= 15 is 0 Å². The highest BCUT2D eigenvalue weighted by molar-refractivity contribution is 5.93. The van der Waals surface area contributed by atoms with Gasteiger partial charge in [0.15, 0.2) is 5.78 Å². The van der Waals surface area contributed by atoms with Crippen LogP contribution in [0.25, 0.3) is 0 Å². The smallest absolute Gasteiger partial charge is 0.159 e. The first-order chi connectivity index (χ1) is 12.2. The van der Waals surface area contributed by atoms with Crippen LogP contribution in [0.3, 0.4) is 0 Å². The van der Waals surface area contributed by atoms with Crippen LogP contribution in [0.1, 0.15) is 53.9 Å².